The van der Waals surface area contributed by atoms with Gasteiger partial charge < -0.3 is 19.5 Å². The molecule has 1 aromatic carbocycles. The SMILES string of the molecule is COc1ccc(CNc2cc(Cl)nnc2OCCN2CCCC2)c(OC)c1. The fourth-order valence-corrected chi connectivity index (χ4v) is 3.20. The van der Waals surface area contributed by atoms with E-state index < -0.39 is 0 Å². The Labute approximate surface area is 164 Å². The number of benzene rings is 1. The zero-order valence-corrected chi connectivity index (χ0v) is 16.5. The molecule has 0 bridgehead atoms. The van der Waals surface area contributed by atoms with Crippen LogP contribution in [0.1, 0.15) is 18.4 Å². The molecule has 1 saturated heterocycles. The van der Waals surface area contributed by atoms with E-state index in [-0.39, 0.29) is 0 Å². The van der Waals surface area contributed by atoms with Gasteiger partial charge in [-0.25, -0.2) is 0 Å². The van der Waals surface area contributed by atoms with E-state index in [0.717, 1.165) is 36.7 Å². The molecule has 1 fully saturated rings. The van der Waals surface area contributed by atoms with Crippen LogP contribution in [0, 0.1) is 0 Å². The first-order valence-corrected chi connectivity index (χ1v) is 9.40. The van der Waals surface area contributed by atoms with Gasteiger partial charge in [0.15, 0.2) is 5.15 Å². The van der Waals surface area contributed by atoms with Crippen LogP contribution in [0.15, 0.2) is 24.3 Å². The van der Waals surface area contributed by atoms with Crippen LogP contribution in [0.3, 0.4) is 0 Å². The van der Waals surface area contributed by atoms with Crippen molar-refractivity contribution in [3.63, 3.8) is 0 Å². The highest BCUT2D eigenvalue weighted by Gasteiger charge is 2.13. The molecule has 0 saturated carbocycles. The largest absolute Gasteiger partial charge is 0.497 e. The maximum atomic E-state index is 6.02. The number of hydrogen-bond donors (Lipinski definition) is 1. The Morgan fingerprint density at radius 3 is 2.67 bits per heavy atom. The molecule has 0 atom stereocenters. The molecule has 0 unspecified atom stereocenters. The van der Waals surface area contributed by atoms with Gasteiger partial charge in [0.1, 0.15) is 23.8 Å². The van der Waals surface area contributed by atoms with Gasteiger partial charge in [-0.05, 0) is 38.1 Å². The number of nitrogens with zero attached hydrogens (tertiary/aromatic N) is 3. The van der Waals surface area contributed by atoms with Crippen LogP contribution in [0.4, 0.5) is 5.69 Å². The van der Waals surface area contributed by atoms with Crippen LogP contribution in [0.5, 0.6) is 17.4 Å². The van der Waals surface area contributed by atoms with Crippen molar-refractivity contribution in [1.82, 2.24) is 15.1 Å². The summed E-state index contributed by atoms with van der Waals surface area (Å²) in [6, 6.07) is 7.41. The van der Waals surface area contributed by atoms with Gasteiger partial charge >= 0.3 is 0 Å². The summed E-state index contributed by atoms with van der Waals surface area (Å²) in [4.78, 5) is 2.39. The third-order valence-corrected chi connectivity index (χ3v) is 4.72. The van der Waals surface area contributed by atoms with Crippen LogP contribution < -0.4 is 19.5 Å². The van der Waals surface area contributed by atoms with Gasteiger partial charge in [-0.15, -0.1) is 10.2 Å². The van der Waals surface area contributed by atoms with Gasteiger partial charge in [0.2, 0.25) is 0 Å². The molecule has 27 heavy (non-hydrogen) atoms. The Kier molecular flexibility index (Phi) is 6.95. The maximum Gasteiger partial charge on any atom is 0.257 e. The Balaban J connectivity index is 1.64. The summed E-state index contributed by atoms with van der Waals surface area (Å²) >= 11 is 6.02. The molecule has 0 aliphatic carbocycles. The molecule has 2 aromatic rings. The quantitative estimate of drug-likeness (QED) is 0.702. The number of aromatic nitrogens is 2. The lowest BCUT2D eigenvalue weighted by molar-refractivity contribution is 0.231. The Morgan fingerprint density at radius 2 is 1.93 bits per heavy atom. The van der Waals surface area contributed by atoms with Crippen LogP contribution >= 0.6 is 11.6 Å². The molecule has 1 aromatic heterocycles. The highest BCUT2D eigenvalue weighted by atomic mass is 35.5. The minimum absolute atomic E-state index is 0.311. The van der Waals surface area contributed by atoms with Crippen molar-refractivity contribution in [2.45, 2.75) is 19.4 Å². The molecule has 1 aliphatic heterocycles. The number of anilines is 1. The summed E-state index contributed by atoms with van der Waals surface area (Å²) in [6.07, 6.45) is 2.52. The molecule has 7 nitrogen and oxygen atoms in total. The number of rotatable bonds is 9. The van der Waals surface area contributed by atoms with Gasteiger partial charge in [0.05, 0.1) is 14.2 Å². The normalized spacial score (nSPS) is 14.2. The summed E-state index contributed by atoms with van der Waals surface area (Å²) in [5, 5.41) is 11.6. The number of methoxy groups -OCH3 is 2. The Hall–Kier alpha value is -2.25. The van der Waals surface area contributed by atoms with Crippen molar-refractivity contribution >= 4 is 17.3 Å². The zero-order valence-electron chi connectivity index (χ0n) is 15.7. The number of likely N-dealkylation sites (tertiary alicyclic amines) is 1. The first kappa shape index (κ1) is 19.5. The zero-order chi connectivity index (χ0) is 19.1. The summed E-state index contributed by atoms with van der Waals surface area (Å²) < 4.78 is 16.5. The number of nitrogens with one attached hydrogen (secondary N) is 1. The second-order valence-electron chi connectivity index (χ2n) is 6.31. The van der Waals surface area contributed by atoms with Crippen molar-refractivity contribution in [3.05, 3.63) is 35.0 Å². The summed E-state index contributed by atoms with van der Waals surface area (Å²) in [5.41, 5.74) is 1.68. The van der Waals surface area contributed by atoms with Crippen molar-refractivity contribution in [3.8, 4) is 17.4 Å². The van der Waals surface area contributed by atoms with Gasteiger partial charge in [0, 0.05) is 30.8 Å². The molecule has 1 N–H and O–H groups in total. The number of ether oxygens (including phenoxy) is 3. The lowest BCUT2D eigenvalue weighted by Gasteiger charge is -2.16. The van der Waals surface area contributed by atoms with Crippen LogP contribution in [-0.2, 0) is 6.54 Å². The maximum absolute atomic E-state index is 6.02. The van der Waals surface area contributed by atoms with E-state index >= 15 is 0 Å². The third-order valence-electron chi connectivity index (χ3n) is 4.54. The fraction of sp³-hybridized carbons (Fsp3) is 0.474. The Bertz CT molecular complexity index is 754. The standard InChI is InChI=1S/C19H25ClN4O3/c1-25-15-6-5-14(17(11-15)26-2)13-21-16-12-18(20)22-23-19(16)27-10-9-24-7-3-4-8-24/h5-6,11-12H,3-4,7-10,13H2,1-2H3,(H,21,22). The average Bonchev–Trinajstić information content (AvgIpc) is 3.21. The number of halogens is 1. The summed E-state index contributed by atoms with van der Waals surface area (Å²) in [5.74, 6) is 1.94. The third kappa shape index (κ3) is 5.37. The van der Waals surface area contributed by atoms with Crippen molar-refractivity contribution < 1.29 is 14.2 Å². The van der Waals surface area contributed by atoms with Gasteiger partial charge in [0.25, 0.3) is 5.88 Å². The monoisotopic (exact) mass is 392 g/mol. The molecular weight excluding hydrogens is 368 g/mol. The molecule has 0 spiro atoms. The second-order valence-corrected chi connectivity index (χ2v) is 6.70. The fourth-order valence-electron chi connectivity index (χ4n) is 3.06. The van der Waals surface area contributed by atoms with Gasteiger partial charge in [-0.2, -0.15) is 0 Å². The molecule has 8 heteroatoms. The van der Waals surface area contributed by atoms with Crippen molar-refractivity contribution in [2.24, 2.45) is 0 Å². The second kappa shape index (κ2) is 9.62. The van der Waals surface area contributed by atoms with E-state index in [1.165, 1.54) is 12.8 Å². The lowest BCUT2D eigenvalue weighted by Crippen LogP contribution is -2.25. The summed E-state index contributed by atoms with van der Waals surface area (Å²) in [7, 11) is 3.26. The van der Waals surface area contributed by atoms with E-state index in [2.05, 4.69) is 20.4 Å². The first-order chi connectivity index (χ1) is 13.2. The molecule has 146 valence electrons. The highest BCUT2D eigenvalue weighted by Crippen LogP contribution is 2.28. The smallest absolute Gasteiger partial charge is 0.257 e. The predicted molar refractivity (Wildman–Crippen MR) is 105 cm³/mol. The van der Waals surface area contributed by atoms with Crippen LogP contribution in [-0.4, -0.2) is 55.6 Å². The van der Waals surface area contributed by atoms with E-state index in [1.807, 2.05) is 18.2 Å². The topological polar surface area (TPSA) is 68.7 Å². The minimum Gasteiger partial charge on any atom is -0.497 e. The molecule has 0 amide bonds. The predicted octanol–water partition coefficient (Wildman–Crippen LogP) is 3.23. The van der Waals surface area contributed by atoms with Crippen molar-refractivity contribution in [1.29, 1.82) is 0 Å². The molecule has 0 radical (unpaired) electrons. The van der Waals surface area contributed by atoms with Gasteiger partial charge in [-0.1, -0.05) is 11.6 Å². The van der Waals surface area contributed by atoms with Crippen molar-refractivity contribution in [2.75, 3.05) is 45.8 Å². The van der Waals surface area contributed by atoms with E-state index in [0.29, 0.717) is 29.9 Å². The molecular formula is C19H25ClN4O3. The highest BCUT2D eigenvalue weighted by molar-refractivity contribution is 6.29. The van der Waals surface area contributed by atoms with Crippen LogP contribution in [0.25, 0.3) is 0 Å². The first-order valence-electron chi connectivity index (χ1n) is 9.02. The molecule has 2 heterocycles. The summed E-state index contributed by atoms with van der Waals surface area (Å²) in [6.45, 7) is 4.25. The molecule has 1 aliphatic rings. The minimum atomic E-state index is 0.311. The van der Waals surface area contributed by atoms with E-state index in [9.17, 15) is 0 Å². The Morgan fingerprint density at radius 1 is 1.11 bits per heavy atom. The van der Waals surface area contributed by atoms with Gasteiger partial charge in [-0.3, -0.25) is 4.90 Å². The number of hydrogen-bond acceptors (Lipinski definition) is 7. The average molecular weight is 393 g/mol. The van der Waals surface area contributed by atoms with E-state index in [1.54, 1.807) is 20.3 Å². The van der Waals surface area contributed by atoms with Crippen LogP contribution in [0.2, 0.25) is 5.15 Å². The van der Waals surface area contributed by atoms with E-state index in [4.69, 9.17) is 25.8 Å². The molecule has 3 rings (SSSR count). The lowest BCUT2D eigenvalue weighted by atomic mass is 10.2.